The molecule has 0 saturated carbocycles. The van der Waals surface area contributed by atoms with Crippen molar-refractivity contribution in [3.05, 3.63) is 48.3 Å². The summed E-state index contributed by atoms with van der Waals surface area (Å²) in [6.45, 7) is 6.21. The van der Waals surface area contributed by atoms with E-state index in [-0.39, 0.29) is 0 Å². The number of hydrogen-bond donors (Lipinski definition) is 1. The molecule has 1 aromatic heterocycles. The van der Waals surface area contributed by atoms with Crippen LogP contribution in [0.2, 0.25) is 0 Å². The van der Waals surface area contributed by atoms with E-state index in [0.717, 1.165) is 18.8 Å². The van der Waals surface area contributed by atoms with Crippen molar-refractivity contribution in [2.24, 2.45) is 0 Å². The van der Waals surface area contributed by atoms with Crippen LogP contribution in [0.5, 0.6) is 0 Å². The van der Waals surface area contributed by atoms with Crippen LogP contribution in [-0.2, 0) is 6.54 Å². The highest BCUT2D eigenvalue weighted by Crippen LogP contribution is 2.16. The van der Waals surface area contributed by atoms with Crippen LogP contribution in [0.4, 0.5) is 0 Å². The largest absolute Gasteiger partial charge is 0.309 e. The maximum absolute atomic E-state index is 4.30. The summed E-state index contributed by atoms with van der Waals surface area (Å²) in [6, 6.07) is 10.9. The first-order valence-electron chi connectivity index (χ1n) is 6.73. The summed E-state index contributed by atoms with van der Waals surface area (Å²) in [5.74, 6) is 1.08. The van der Waals surface area contributed by atoms with E-state index in [0.29, 0.717) is 6.04 Å². The van der Waals surface area contributed by atoms with Gasteiger partial charge in [0.05, 0.1) is 6.20 Å². The fourth-order valence-corrected chi connectivity index (χ4v) is 2.66. The van der Waals surface area contributed by atoms with Crippen molar-refractivity contribution in [1.29, 1.82) is 0 Å². The Balaban J connectivity index is 1.70. The van der Waals surface area contributed by atoms with Crippen LogP contribution in [0.15, 0.2) is 47.6 Å². The Morgan fingerprint density at radius 1 is 1.32 bits per heavy atom. The van der Waals surface area contributed by atoms with Crippen molar-refractivity contribution < 1.29 is 0 Å². The van der Waals surface area contributed by atoms with Gasteiger partial charge in [0.1, 0.15) is 0 Å². The van der Waals surface area contributed by atoms with Crippen LogP contribution < -0.4 is 5.32 Å². The van der Waals surface area contributed by atoms with E-state index in [1.165, 1.54) is 10.5 Å². The molecule has 0 amide bonds. The van der Waals surface area contributed by atoms with Crippen LogP contribution in [-0.4, -0.2) is 22.1 Å². The number of rotatable bonds is 7. The summed E-state index contributed by atoms with van der Waals surface area (Å²) in [7, 11) is 0. The minimum absolute atomic E-state index is 0.358. The molecule has 0 spiro atoms. The minimum atomic E-state index is 0.358. The lowest BCUT2D eigenvalue weighted by Gasteiger charge is -2.11. The van der Waals surface area contributed by atoms with Crippen LogP contribution >= 0.6 is 11.8 Å². The van der Waals surface area contributed by atoms with Gasteiger partial charge in [0.2, 0.25) is 0 Å². The summed E-state index contributed by atoms with van der Waals surface area (Å²) in [6.07, 6.45) is 4.06. The summed E-state index contributed by atoms with van der Waals surface area (Å²) >= 11 is 1.88. The Morgan fingerprint density at radius 2 is 2.11 bits per heavy atom. The minimum Gasteiger partial charge on any atom is -0.309 e. The first-order valence-corrected chi connectivity index (χ1v) is 7.71. The number of nitrogens with one attached hydrogen (secondary N) is 1. The van der Waals surface area contributed by atoms with Gasteiger partial charge in [0.15, 0.2) is 0 Å². The zero-order chi connectivity index (χ0) is 13.5. The molecule has 3 nitrogen and oxygen atoms in total. The summed E-state index contributed by atoms with van der Waals surface area (Å²) in [5.41, 5.74) is 1.26. The Hall–Kier alpha value is -1.26. The standard InChI is InChI=1S/C15H21N3S/c1-3-18-12-14(11-17-18)13(2)16-9-10-19-15-7-5-4-6-8-15/h4-8,11-13,16H,3,9-10H2,1-2H3. The lowest BCUT2D eigenvalue weighted by molar-refractivity contribution is 0.598. The van der Waals surface area contributed by atoms with Gasteiger partial charge in [-0.2, -0.15) is 5.10 Å². The molecule has 102 valence electrons. The molecule has 1 heterocycles. The maximum atomic E-state index is 4.30. The van der Waals surface area contributed by atoms with Crippen molar-refractivity contribution in [3.8, 4) is 0 Å². The van der Waals surface area contributed by atoms with Gasteiger partial charge < -0.3 is 5.32 Å². The highest BCUT2D eigenvalue weighted by Gasteiger charge is 2.06. The third kappa shape index (κ3) is 4.40. The van der Waals surface area contributed by atoms with Gasteiger partial charge in [-0.15, -0.1) is 11.8 Å². The first kappa shape index (κ1) is 14.2. The van der Waals surface area contributed by atoms with Crippen molar-refractivity contribution in [2.75, 3.05) is 12.3 Å². The predicted molar refractivity (Wildman–Crippen MR) is 81.5 cm³/mol. The van der Waals surface area contributed by atoms with E-state index in [9.17, 15) is 0 Å². The fraction of sp³-hybridized carbons (Fsp3) is 0.400. The van der Waals surface area contributed by atoms with E-state index >= 15 is 0 Å². The van der Waals surface area contributed by atoms with Crippen LogP contribution in [0, 0.1) is 0 Å². The molecular weight excluding hydrogens is 254 g/mol. The molecule has 2 aromatic rings. The van der Waals surface area contributed by atoms with E-state index < -0.39 is 0 Å². The zero-order valence-electron chi connectivity index (χ0n) is 11.5. The Morgan fingerprint density at radius 3 is 2.79 bits per heavy atom. The number of nitrogens with zero attached hydrogens (tertiary/aromatic N) is 2. The Labute approximate surface area is 119 Å². The van der Waals surface area contributed by atoms with Crippen molar-refractivity contribution >= 4 is 11.8 Å². The third-order valence-corrected chi connectivity index (χ3v) is 4.06. The average Bonchev–Trinajstić information content (AvgIpc) is 2.93. The highest BCUT2D eigenvalue weighted by atomic mass is 32.2. The number of benzene rings is 1. The van der Waals surface area contributed by atoms with E-state index in [1.807, 2.05) is 22.6 Å². The molecule has 0 saturated heterocycles. The van der Waals surface area contributed by atoms with Gasteiger partial charge in [-0.25, -0.2) is 0 Å². The predicted octanol–water partition coefficient (Wildman–Crippen LogP) is 3.35. The molecule has 0 aliphatic carbocycles. The molecule has 1 atom stereocenters. The monoisotopic (exact) mass is 275 g/mol. The van der Waals surface area contributed by atoms with Gasteiger partial charge in [-0.3, -0.25) is 4.68 Å². The molecule has 1 unspecified atom stereocenters. The quantitative estimate of drug-likeness (QED) is 0.621. The number of thioether (sulfide) groups is 1. The molecule has 0 fully saturated rings. The van der Waals surface area contributed by atoms with Gasteiger partial charge in [0, 0.05) is 41.5 Å². The second-order valence-electron chi connectivity index (χ2n) is 4.47. The van der Waals surface area contributed by atoms with Gasteiger partial charge in [0.25, 0.3) is 0 Å². The SMILES string of the molecule is CCn1cc(C(C)NCCSc2ccccc2)cn1. The molecule has 19 heavy (non-hydrogen) atoms. The topological polar surface area (TPSA) is 29.9 Å². The van der Waals surface area contributed by atoms with Gasteiger partial charge >= 0.3 is 0 Å². The number of aromatic nitrogens is 2. The second kappa shape index (κ2) is 7.36. The molecule has 2 rings (SSSR count). The maximum Gasteiger partial charge on any atom is 0.0537 e. The van der Waals surface area contributed by atoms with Crippen molar-refractivity contribution in [2.45, 2.75) is 31.3 Å². The molecule has 4 heteroatoms. The molecule has 0 bridgehead atoms. The van der Waals surface area contributed by atoms with E-state index in [2.05, 4.69) is 60.8 Å². The van der Waals surface area contributed by atoms with Crippen LogP contribution in [0.3, 0.4) is 0 Å². The summed E-state index contributed by atoms with van der Waals surface area (Å²) in [4.78, 5) is 1.33. The summed E-state index contributed by atoms with van der Waals surface area (Å²) in [5, 5.41) is 7.84. The molecule has 0 radical (unpaired) electrons. The van der Waals surface area contributed by atoms with Gasteiger partial charge in [-0.1, -0.05) is 18.2 Å². The number of aryl methyl sites for hydroxylation is 1. The lowest BCUT2D eigenvalue weighted by atomic mass is 10.2. The van der Waals surface area contributed by atoms with Gasteiger partial charge in [-0.05, 0) is 26.0 Å². The van der Waals surface area contributed by atoms with Crippen molar-refractivity contribution in [3.63, 3.8) is 0 Å². The van der Waals surface area contributed by atoms with E-state index in [4.69, 9.17) is 0 Å². The molecule has 0 aliphatic heterocycles. The molecular formula is C15H21N3S. The fourth-order valence-electron chi connectivity index (χ4n) is 1.85. The Bertz CT molecular complexity index is 481. The van der Waals surface area contributed by atoms with E-state index in [1.54, 1.807) is 0 Å². The second-order valence-corrected chi connectivity index (χ2v) is 5.64. The highest BCUT2D eigenvalue weighted by molar-refractivity contribution is 7.99. The molecule has 1 aromatic carbocycles. The van der Waals surface area contributed by atoms with Crippen LogP contribution in [0.25, 0.3) is 0 Å². The molecule has 0 aliphatic rings. The first-order chi connectivity index (χ1) is 9.29. The third-order valence-electron chi connectivity index (χ3n) is 3.04. The smallest absolute Gasteiger partial charge is 0.0537 e. The zero-order valence-corrected chi connectivity index (χ0v) is 12.4. The normalized spacial score (nSPS) is 12.5. The average molecular weight is 275 g/mol. The van der Waals surface area contributed by atoms with Crippen molar-refractivity contribution in [1.82, 2.24) is 15.1 Å². The Kier molecular flexibility index (Phi) is 5.48. The molecule has 1 N–H and O–H groups in total. The summed E-state index contributed by atoms with van der Waals surface area (Å²) < 4.78 is 1.96. The lowest BCUT2D eigenvalue weighted by Crippen LogP contribution is -2.21. The van der Waals surface area contributed by atoms with Crippen LogP contribution in [0.1, 0.15) is 25.5 Å². The number of hydrogen-bond acceptors (Lipinski definition) is 3.